The Kier molecular flexibility index (Phi) is 2.74. The summed E-state index contributed by atoms with van der Waals surface area (Å²) < 4.78 is 24.9. The van der Waals surface area contributed by atoms with E-state index in [-0.39, 0.29) is 6.04 Å². The van der Waals surface area contributed by atoms with Gasteiger partial charge in [0.2, 0.25) is 0 Å². The first-order valence-electron chi connectivity index (χ1n) is 6.49. The number of nitrogens with zero attached hydrogens (tertiary/aromatic N) is 1. The van der Waals surface area contributed by atoms with Gasteiger partial charge in [-0.2, -0.15) is 12.7 Å². The number of rotatable bonds is 4. The third-order valence-corrected chi connectivity index (χ3v) is 5.84. The first-order chi connectivity index (χ1) is 7.99. The van der Waals surface area contributed by atoms with Gasteiger partial charge in [-0.25, -0.2) is 5.14 Å². The number of nitrogens with two attached hydrogens (primary N) is 1. The largest absolute Gasteiger partial charge is 0.316 e. The summed E-state index contributed by atoms with van der Waals surface area (Å²) in [6.45, 7) is 2.74. The highest BCUT2D eigenvalue weighted by Crippen LogP contribution is 2.47. The van der Waals surface area contributed by atoms with Gasteiger partial charge in [-0.1, -0.05) is 6.42 Å². The molecule has 6 heteroatoms. The Bertz CT molecular complexity index is 393. The monoisotopic (exact) mass is 259 g/mol. The number of nitrogens with one attached hydrogen (secondary N) is 1. The predicted molar refractivity (Wildman–Crippen MR) is 65.5 cm³/mol. The Morgan fingerprint density at radius 1 is 1.29 bits per heavy atom. The van der Waals surface area contributed by atoms with Crippen LogP contribution in [0, 0.1) is 11.3 Å². The summed E-state index contributed by atoms with van der Waals surface area (Å²) in [5, 5.41) is 8.61. The molecule has 1 spiro atoms. The van der Waals surface area contributed by atoms with Gasteiger partial charge in [0.05, 0.1) is 0 Å². The lowest BCUT2D eigenvalue weighted by atomic mass is 9.61. The van der Waals surface area contributed by atoms with Crippen LogP contribution in [0.2, 0.25) is 0 Å². The molecule has 1 heterocycles. The van der Waals surface area contributed by atoms with E-state index in [1.165, 1.54) is 6.42 Å². The van der Waals surface area contributed by atoms with Crippen LogP contribution in [0.25, 0.3) is 0 Å². The van der Waals surface area contributed by atoms with E-state index < -0.39 is 10.2 Å². The maximum atomic E-state index is 11.6. The van der Waals surface area contributed by atoms with Crippen LogP contribution in [0.1, 0.15) is 32.1 Å². The van der Waals surface area contributed by atoms with Gasteiger partial charge in [-0.05, 0) is 37.0 Å². The second kappa shape index (κ2) is 3.91. The van der Waals surface area contributed by atoms with Crippen LogP contribution in [0.5, 0.6) is 0 Å². The molecule has 0 atom stereocenters. The molecule has 3 aliphatic rings. The van der Waals surface area contributed by atoms with Gasteiger partial charge >= 0.3 is 0 Å². The van der Waals surface area contributed by atoms with E-state index in [1.54, 1.807) is 4.31 Å². The molecule has 0 aromatic rings. The van der Waals surface area contributed by atoms with Gasteiger partial charge < -0.3 is 5.32 Å². The topological polar surface area (TPSA) is 75.4 Å². The summed E-state index contributed by atoms with van der Waals surface area (Å²) in [4.78, 5) is 0. The summed E-state index contributed by atoms with van der Waals surface area (Å²) in [6.07, 6.45) is 5.53. The van der Waals surface area contributed by atoms with Crippen molar-refractivity contribution >= 4 is 10.2 Å². The molecule has 1 aliphatic heterocycles. The van der Waals surface area contributed by atoms with E-state index in [2.05, 4.69) is 5.32 Å². The summed E-state index contributed by atoms with van der Waals surface area (Å²) in [5.41, 5.74) is 0.396. The number of hydrogen-bond acceptors (Lipinski definition) is 3. The molecule has 0 aromatic heterocycles. The summed E-state index contributed by atoms with van der Waals surface area (Å²) in [5.74, 6) is 0.546. The standard InChI is InChI=1S/C11H21N3O2S/c12-17(15,16)14(6-9-2-1-3-9)10-4-11(5-10)7-13-8-11/h9-10,13H,1-8H2,(H2,12,15,16). The maximum absolute atomic E-state index is 11.6. The lowest BCUT2D eigenvalue weighted by Gasteiger charge is -2.56. The third-order valence-electron chi connectivity index (χ3n) is 4.73. The van der Waals surface area contributed by atoms with Gasteiger partial charge in [-0.15, -0.1) is 0 Å². The highest BCUT2D eigenvalue weighted by molar-refractivity contribution is 7.86. The molecule has 2 aliphatic carbocycles. The van der Waals surface area contributed by atoms with Crippen molar-refractivity contribution in [1.82, 2.24) is 9.62 Å². The summed E-state index contributed by atoms with van der Waals surface area (Å²) >= 11 is 0. The Morgan fingerprint density at radius 2 is 1.94 bits per heavy atom. The van der Waals surface area contributed by atoms with Crippen molar-refractivity contribution < 1.29 is 8.42 Å². The van der Waals surface area contributed by atoms with Gasteiger partial charge in [-0.3, -0.25) is 0 Å². The minimum Gasteiger partial charge on any atom is -0.316 e. The van der Waals surface area contributed by atoms with E-state index >= 15 is 0 Å². The molecule has 98 valence electrons. The maximum Gasteiger partial charge on any atom is 0.277 e. The average Bonchev–Trinajstić information content (AvgIpc) is 1.99. The van der Waals surface area contributed by atoms with E-state index in [1.807, 2.05) is 0 Å². The van der Waals surface area contributed by atoms with Crippen molar-refractivity contribution in [3.05, 3.63) is 0 Å². The third kappa shape index (κ3) is 2.12. The van der Waals surface area contributed by atoms with Crippen LogP contribution in [-0.2, 0) is 10.2 Å². The zero-order valence-corrected chi connectivity index (χ0v) is 10.9. The second-order valence-electron chi connectivity index (χ2n) is 6.08. The normalized spacial score (nSPS) is 28.8. The van der Waals surface area contributed by atoms with Gasteiger partial charge in [0.1, 0.15) is 0 Å². The van der Waals surface area contributed by atoms with Crippen molar-refractivity contribution in [2.24, 2.45) is 16.5 Å². The van der Waals surface area contributed by atoms with Crippen LogP contribution in [0.3, 0.4) is 0 Å². The molecule has 3 rings (SSSR count). The van der Waals surface area contributed by atoms with Crippen LogP contribution in [0.4, 0.5) is 0 Å². The molecule has 5 nitrogen and oxygen atoms in total. The summed E-state index contributed by atoms with van der Waals surface area (Å²) in [7, 11) is -3.52. The minimum absolute atomic E-state index is 0.160. The molecular weight excluding hydrogens is 238 g/mol. The second-order valence-corrected chi connectivity index (χ2v) is 7.58. The first-order valence-corrected chi connectivity index (χ1v) is 7.99. The van der Waals surface area contributed by atoms with Crippen molar-refractivity contribution in [2.45, 2.75) is 38.1 Å². The lowest BCUT2D eigenvalue weighted by molar-refractivity contribution is -0.0128. The Hall–Kier alpha value is -0.170. The van der Waals surface area contributed by atoms with Crippen LogP contribution in [0.15, 0.2) is 0 Å². The first kappa shape index (κ1) is 11.9. The van der Waals surface area contributed by atoms with Crippen molar-refractivity contribution in [3.63, 3.8) is 0 Å². The zero-order valence-electron chi connectivity index (χ0n) is 10.1. The fraction of sp³-hybridized carbons (Fsp3) is 1.00. The number of hydrogen-bond donors (Lipinski definition) is 2. The minimum atomic E-state index is -3.52. The van der Waals surface area contributed by atoms with E-state index in [0.29, 0.717) is 17.9 Å². The molecule has 0 bridgehead atoms. The molecule has 3 fully saturated rings. The van der Waals surface area contributed by atoms with E-state index in [0.717, 1.165) is 38.8 Å². The molecule has 0 unspecified atom stereocenters. The van der Waals surface area contributed by atoms with Crippen molar-refractivity contribution in [1.29, 1.82) is 0 Å². The van der Waals surface area contributed by atoms with Gasteiger partial charge in [0.25, 0.3) is 10.2 Å². The molecule has 0 aromatic carbocycles. The smallest absolute Gasteiger partial charge is 0.277 e. The highest BCUT2D eigenvalue weighted by Gasteiger charge is 2.52. The van der Waals surface area contributed by atoms with Gasteiger partial charge in [0, 0.05) is 25.7 Å². The molecule has 0 radical (unpaired) electrons. The van der Waals surface area contributed by atoms with Crippen molar-refractivity contribution in [3.8, 4) is 0 Å². The summed E-state index contributed by atoms with van der Waals surface area (Å²) in [6, 6.07) is 0.160. The predicted octanol–water partition coefficient (Wildman–Crippen LogP) is 0.0440. The average molecular weight is 259 g/mol. The van der Waals surface area contributed by atoms with E-state index in [4.69, 9.17) is 5.14 Å². The van der Waals surface area contributed by atoms with Crippen LogP contribution < -0.4 is 10.5 Å². The van der Waals surface area contributed by atoms with Gasteiger partial charge in [0.15, 0.2) is 0 Å². The Balaban J connectivity index is 1.63. The van der Waals surface area contributed by atoms with Crippen LogP contribution in [-0.4, -0.2) is 38.4 Å². The molecule has 3 N–H and O–H groups in total. The molecular formula is C11H21N3O2S. The fourth-order valence-electron chi connectivity index (χ4n) is 3.30. The molecule has 1 saturated heterocycles. The Morgan fingerprint density at radius 3 is 2.29 bits per heavy atom. The van der Waals surface area contributed by atoms with E-state index in [9.17, 15) is 8.42 Å². The SMILES string of the molecule is NS(=O)(=O)N(CC1CCC1)C1CC2(CNC2)C1. The Labute approximate surface area is 103 Å². The molecule has 17 heavy (non-hydrogen) atoms. The quantitative estimate of drug-likeness (QED) is 0.749. The van der Waals surface area contributed by atoms with Crippen LogP contribution >= 0.6 is 0 Å². The lowest BCUT2D eigenvalue weighted by Crippen LogP contribution is -2.66. The molecule has 2 saturated carbocycles. The van der Waals surface area contributed by atoms with Crippen molar-refractivity contribution in [2.75, 3.05) is 19.6 Å². The molecule has 0 amide bonds. The highest BCUT2D eigenvalue weighted by atomic mass is 32.2. The fourth-order valence-corrected chi connectivity index (χ4v) is 4.28. The zero-order chi connectivity index (χ0) is 12.1.